The third kappa shape index (κ3) is 3.13. The van der Waals surface area contributed by atoms with Crippen LogP contribution in [0.3, 0.4) is 0 Å². The molecule has 0 aliphatic heterocycles. The van der Waals surface area contributed by atoms with Crippen molar-refractivity contribution in [2.45, 2.75) is 11.8 Å². The van der Waals surface area contributed by atoms with Crippen LogP contribution < -0.4 is 4.40 Å². The Kier molecular flexibility index (Phi) is 4.30. The molecule has 0 heterocycles. The number of aliphatic hydroxyl groups is 1. The molecule has 0 unspecified atom stereocenters. The van der Waals surface area contributed by atoms with Gasteiger partial charge in [-0.3, -0.25) is 0 Å². The number of hydrogen-bond acceptors (Lipinski definition) is 3. The molecule has 122 valence electrons. The molecule has 0 atom stereocenters. The Morgan fingerprint density at radius 2 is 1.79 bits per heavy atom. The number of nitrogens with one attached hydrogen (secondary N) is 1. The third-order valence-corrected chi connectivity index (χ3v) is 5.40. The summed E-state index contributed by atoms with van der Waals surface area (Å²) in [5, 5.41) is 11.3. The third-order valence-electron chi connectivity index (χ3n) is 3.65. The zero-order valence-corrected chi connectivity index (χ0v) is 14.4. The Morgan fingerprint density at radius 1 is 1.08 bits per heavy atom. The Morgan fingerprint density at radius 3 is 2.50 bits per heavy atom. The Hall–Kier alpha value is -2.37. The van der Waals surface area contributed by atoms with Crippen LogP contribution in [0.4, 0.5) is 0 Å². The maximum atomic E-state index is 12.7. The molecule has 0 amide bonds. The highest BCUT2D eigenvalue weighted by Crippen LogP contribution is 2.23. The van der Waals surface area contributed by atoms with Crippen LogP contribution in [0.2, 0.25) is 0 Å². The first-order valence-electron chi connectivity index (χ1n) is 7.21. The molecule has 0 spiro atoms. The van der Waals surface area contributed by atoms with Crippen LogP contribution in [-0.4, -0.2) is 19.2 Å². The summed E-state index contributed by atoms with van der Waals surface area (Å²) < 4.78 is 28.0. The Bertz CT molecular complexity index is 1040. The molecule has 4 nitrogen and oxygen atoms in total. The lowest BCUT2D eigenvalue weighted by molar-refractivity contribution is -0.264. The summed E-state index contributed by atoms with van der Waals surface area (Å²) >= 11 is 6.08. The lowest BCUT2D eigenvalue weighted by Crippen LogP contribution is -2.76. The van der Waals surface area contributed by atoms with Crippen LogP contribution in [0.1, 0.15) is 6.92 Å². The Balaban J connectivity index is 2.10. The topological polar surface area (TPSA) is 68.3 Å². The first-order valence-corrected chi connectivity index (χ1v) is 9.07. The van der Waals surface area contributed by atoms with Crippen molar-refractivity contribution < 1.29 is 17.9 Å². The van der Waals surface area contributed by atoms with E-state index in [9.17, 15) is 13.5 Å². The zero-order chi connectivity index (χ0) is 17.3. The van der Waals surface area contributed by atoms with Gasteiger partial charge >= 0.3 is 10.0 Å². The van der Waals surface area contributed by atoms with Crippen molar-refractivity contribution in [2.24, 2.45) is 0 Å². The number of halogens is 1. The lowest BCUT2D eigenvalue weighted by atomic mass is 10.1. The smallest absolute Gasteiger partial charge is 0.394 e. The number of benzene rings is 2. The van der Waals surface area contributed by atoms with Crippen molar-refractivity contribution in [1.29, 1.82) is 0 Å². The van der Waals surface area contributed by atoms with Crippen LogP contribution >= 0.6 is 11.6 Å². The van der Waals surface area contributed by atoms with Crippen LogP contribution in [0.5, 0.6) is 0 Å². The number of rotatable bonds is 2. The second-order valence-electron chi connectivity index (χ2n) is 5.36. The molecule has 24 heavy (non-hydrogen) atoms. The van der Waals surface area contributed by atoms with Gasteiger partial charge in [-0.1, -0.05) is 48.0 Å². The normalized spacial score (nSPS) is 18.8. The van der Waals surface area contributed by atoms with Gasteiger partial charge in [0.05, 0.1) is 10.8 Å². The van der Waals surface area contributed by atoms with Gasteiger partial charge in [-0.15, -0.1) is 4.40 Å². The second kappa shape index (κ2) is 6.26. The van der Waals surface area contributed by atoms with Crippen LogP contribution in [-0.2, 0) is 10.0 Å². The van der Waals surface area contributed by atoms with Crippen molar-refractivity contribution in [3.8, 4) is 0 Å². The predicted octanol–water partition coefficient (Wildman–Crippen LogP) is 2.57. The van der Waals surface area contributed by atoms with E-state index < -0.39 is 10.0 Å². The van der Waals surface area contributed by atoms with Gasteiger partial charge in [-0.25, -0.2) is 0 Å². The van der Waals surface area contributed by atoms with Crippen molar-refractivity contribution in [2.75, 3.05) is 0 Å². The van der Waals surface area contributed by atoms with Gasteiger partial charge in [0.2, 0.25) is 5.71 Å². The summed E-state index contributed by atoms with van der Waals surface area (Å²) in [4.78, 5) is 0.200. The van der Waals surface area contributed by atoms with Crippen molar-refractivity contribution in [1.82, 2.24) is 0 Å². The van der Waals surface area contributed by atoms with E-state index in [2.05, 4.69) is 4.40 Å². The fourth-order valence-corrected chi connectivity index (χ4v) is 4.11. The molecule has 6 heteroatoms. The molecule has 0 saturated heterocycles. The molecule has 0 fully saturated rings. The van der Waals surface area contributed by atoms with E-state index in [1.807, 2.05) is 18.2 Å². The van der Waals surface area contributed by atoms with Crippen LogP contribution in [0.25, 0.3) is 10.8 Å². The second-order valence-corrected chi connectivity index (χ2v) is 7.42. The summed E-state index contributed by atoms with van der Waals surface area (Å²) in [6.07, 6.45) is 4.60. The maximum Gasteiger partial charge on any atom is 0.394 e. The average molecular weight is 361 g/mol. The maximum absolute atomic E-state index is 12.7. The van der Waals surface area contributed by atoms with Gasteiger partial charge in [-0.05, 0) is 24.5 Å². The van der Waals surface area contributed by atoms with Gasteiger partial charge in [-0.2, -0.15) is 8.42 Å². The fraction of sp³-hybridized carbons (Fsp3) is 0.0556. The van der Waals surface area contributed by atoms with Crippen LogP contribution in [0.15, 0.2) is 82.0 Å². The minimum atomic E-state index is -3.77. The molecule has 1 aliphatic carbocycles. The van der Waals surface area contributed by atoms with E-state index in [0.29, 0.717) is 16.7 Å². The van der Waals surface area contributed by atoms with Crippen molar-refractivity contribution in [3.63, 3.8) is 0 Å². The highest BCUT2D eigenvalue weighted by molar-refractivity contribution is 7.85. The molecule has 2 aromatic rings. The highest BCUT2D eigenvalue weighted by atomic mass is 35.5. The summed E-state index contributed by atoms with van der Waals surface area (Å²) in [7, 11) is -3.77. The standard InChI is InChI=1S/C18H14ClNO3S/c1-12(21)15-10-9-14(11-17(15)19)20-24(22,23)18-8-4-6-13-5-2-3-7-16(13)18/h2-11,21H,1H3/p+1. The highest BCUT2D eigenvalue weighted by Gasteiger charge is 2.23. The molecule has 0 saturated carbocycles. The quantitative estimate of drug-likeness (QED) is 0.809. The van der Waals surface area contributed by atoms with E-state index in [0.717, 1.165) is 5.39 Å². The summed E-state index contributed by atoms with van der Waals surface area (Å²) in [6, 6.07) is 12.4. The van der Waals surface area contributed by atoms with Crippen LogP contribution in [0, 0.1) is 0 Å². The van der Waals surface area contributed by atoms with Gasteiger partial charge in [0.1, 0.15) is 4.90 Å². The minimum absolute atomic E-state index is 0.0726. The number of sulfonamides is 1. The number of fused-ring (bicyclic) bond motifs is 1. The first kappa shape index (κ1) is 16.5. The molecule has 0 aromatic heterocycles. The summed E-state index contributed by atoms with van der Waals surface area (Å²) in [6.45, 7) is 1.52. The van der Waals surface area contributed by atoms with E-state index in [4.69, 9.17) is 11.6 Å². The van der Waals surface area contributed by atoms with E-state index >= 15 is 0 Å². The molecule has 0 bridgehead atoms. The SMILES string of the molecule is CC(O)=C1C=CC(=[NH+]S(=O)(=O)c2cccc3ccccc23)C=C1Cl. The molecule has 1 aliphatic rings. The Labute approximate surface area is 145 Å². The van der Waals surface area contributed by atoms with Crippen molar-refractivity contribution in [3.05, 3.63) is 77.1 Å². The van der Waals surface area contributed by atoms with Gasteiger partial charge < -0.3 is 5.11 Å². The molecular weight excluding hydrogens is 346 g/mol. The number of aliphatic hydroxyl groups excluding tert-OH is 1. The number of allylic oxidation sites excluding steroid dienone is 6. The summed E-state index contributed by atoms with van der Waals surface area (Å²) in [5.41, 5.74) is 0.794. The predicted molar refractivity (Wildman–Crippen MR) is 95.5 cm³/mol. The summed E-state index contributed by atoms with van der Waals surface area (Å²) in [5.74, 6) is 0.0726. The molecular formula is C18H15ClNO3S+. The minimum Gasteiger partial charge on any atom is -0.512 e. The molecule has 2 aromatic carbocycles. The van der Waals surface area contributed by atoms with Gasteiger partial charge in [0.15, 0.2) is 0 Å². The van der Waals surface area contributed by atoms with E-state index in [-0.39, 0.29) is 15.7 Å². The van der Waals surface area contributed by atoms with E-state index in [1.54, 1.807) is 36.4 Å². The zero-order valence-electron chi connectivity index (χ0n) is 12.8. The molecule has 2 N–H and O–H groups in total. The average Bonchev–Trinajstić information content (AvgIpc) is 2.53. The monoisotopic (exact) mass is 360 g/mol. The fourth-order valence-electron chi connectivity index (χ4n) is 2.51. The number of hydrogen-bond donors (Lipinski definition) is 2. The lowest BCUT2D eigenvalue weighted by Gasteiger charge is -2.06. The van der Waals surface area contributed by atoms with Gasteiger partial charge in [0.25, 0.3) is 0 Å². The molecule has 3 rings (SSSR count). The van der Waals surface area contributed by atoms with Crippen molar-refractivity contribution >= 4 is 38.1 Å². The van der Waals surface area contributed by atoms with E-state index in [1.165, 1.54) is 13.0 Å². The largest absolute Gasteiger partial charge is 0.512 e. The van der Waals surface area contributed by atoms with Gasteiger partial charge in [0, 0.05) is 23.1 Å². The first-order chi connectivity index (χ1) is 11.4. The molecule has 0 radical (unpaired) electrons.